The third-order valence-corrected chi connectivity index (χ3v) is 4.61. The maximum atomic E-state index is 11.9. The first-order valence-electron chi connectivity index (χ1n) is 7.90. The van der Waals surface area contributed by atoms with E-state index in [2.05, 4.69) is 33.1 Å². The second-order valence-electron chi connectivity index (χ2n) is 5.49. The number of hydrogen-bond acceptors (Lipinski definition) is 5. The first-order chi connectivity index (χ1) is 11.3. The number of rotatable bonds is 6. The summed E-state index contributed by atoms with van der Waals surface area (Å²) in [6, 6.07) is 10.1. The molecule has 1 unspecified atom stereocenters. The number of thiazole rings is 1. The summed E-state index contributed by atoms with van der Waals surface area (Å²) in [5.74, 6) is 0.0403. The molecule has 130 valence electrons. The van der Waals surface area contributed by atoms with Gasteiger partial charge in [-0.05, 0) is 0 Å². The molecular weight excluding hydrogens is 346 g/mol. The van der Waals surface area contributed by atoms with Crippen molar-refractivity contribution < 1.29 is 9.53 Å². The van der Waals surface area contributed by atoms with Gasteiger partial charge in [0, 0.05) is 37.0 Å². The molecule has 5 nitrogen and oxygen atoms in total. The molecule has 0 spiro atoms. The van der Waals surface area contributed by atoms with E-state index in [1.165, 1.54) is 0 Å². The van der Waals surface area contributed by atoms with E-state index in [-0.39, 0.29) is 24.4 Å². The molecule has 24 heavy (non-hydrogen) atoms. The average Bonchev–Trinajstić information content (AvgIpc) is 3.05. The normalized spacial score (nSPS) is 17.1. The fourth-order valence-corrected chi connectivity index (χ4v) is 3.31. The summed E-state index contributed by atoms with van der Waals surface area (Å²) in [4.78, 5) is 16.5. The van der Waals surface area contributed by atoms with Crippen molar-refractivity contribution in [3.63, 3.8) is 0 Å². The highest BCUT2D eigenvalue weighted by Crippen LogP contribution is 2.21. The van der Waals surface area contributed by atoms with Gasteiger partial charge in [-0.15, -0.1) is 23.7 Å². The summed E-state index contributed by atoms with van der Waals surface area (Å²) >= 11 is 1.63. The summed E-state index contributed by atoms with van der Waals surface area (Å²) in [7, 11) is 0. The smallest absolute Gasteiger partial charge is 0.222 e. The molecule has 2 N–H and O–H groups in total. The highest BCUT2D eigenvalue weighted by atomic mass is 35.5. The molecule has 1 fully saturated rings. The molecule has 0 aliphatic carbocycles. The van der Waals surface area contributed by atoms with Crippen LogP contribution in [0.2, 0.25) is 0 Å². The molecule has 1 aromatic carbocycles. The van der Waals surface area contributed by atoms with Crippen LogP contribution in [-0.4, -0.2) is 43.2 Å². The average molecular weight is 368 g/mol. The van der Waals surface area contributed by atoms with Crippen LogP contribution in [0.25, 0.3) is 11.3 Å². The van der Waals surface area contributed by atoms with Crippen molar-refractivity contribution in [1.82, 2.24) is 15.6 Å². The van der Waals surface area contributed by atoms with Gasteiger partial charge in [0.1, 0.15) is 0 Å². The van der Waals surface area contributed by atoms with Gasteiger partial charge in [0.25, 0.3) is 0 Å². The van der Waals surface area contributed by atoms with Crippen molar-refractivity contribution in [3.8, 4) is 11.3 Å². The van der Waals surface area contributed by atoms with Crippen LogP contribution in [-0.2, 0) is 16.0 Å². The Balaban J connectivity index is 0.00000208. The lowest BCUT2D eigenvalue weighted by Crippen LogP contribution is -2.41. The van der Waals surface area contributed by atoms with Gasteiger partial charge in [0.05, 0.1) is 29.8 Å². The molecule has 7 heteroatoms. The molecule has 1 atom stereocenters. The lowest BCUT2D eigenvalue weighted by molar-refractivity contribution is -0.124. The zero-order chi connectivity index (χ0) is 15.9. The minimum absolute atomic E-state index is 0. The van der Waals surface area contributed by atoms with Crippen molar-refractivity contribution in [2.45, 2.75) is 18.9 Å². The second-order valence-corrected chi connectivity index (χ2v) is 6.44. The third kappa shape index (κ3) is 5.56. The van der Waals surface area contributed by atoms with E-state index in [4.69, 9.17) is 4.74 Å². The molecule has 0 saturated carbocycles. The van der Waals surface area contributed by atoms with E-state index in [0.717, 1.165) is 35.8 Å². The van der Waals surface area contributed by atoms with Gasteiger partial charge in [-0.1, -0.05) is 30.3 Å². The molecule has 1 aliphatic rings. The van der Waals surface area contributed by atoms with Crippen molar-refractivity contribution in [1.29, 1.82) is 0 Å². The Kier molecular flexibility index (Phi) is 7.65. The lowest BCUT2D eigenvalue weighted by atomic mass is 10.2. The van der Waals surface area contributed by atoms with Crippen molar-refractivity contribution >= 4 is 29.7 Å². The van der Waals surface area contributed by atoms with Crippen LogP contribution < -0.4 is 10.6 Å². The molecule has 0 radical (unpaired) electrons. The second kappa shape index (κ2) is 9.74. The summed E-state index contributed by atoms with van der Waals surface area (Å²) < 4.78 is 5.53. The Morgan fingerprint density at radius 3 is 2.96 bits per heavy atom. The monoisotopic (exact) mass is 367 g/mol. The molecule has 3 rings (SSSR count). The summed E-state index contributed by atoms with van der Waals surface area (Å²) in [6.45, 7) is 2.91. The number of halogens is 1. The number of aromatic nitrogens is 1. The number of ether oxygens (including phenoxy) is 1. The minimum Gasteiger partial charge on any atom is -0.375 e. The number of morpholine rings is 1. The molecule has 1 aromatic heterocycles. The van der Waals surface area contributed by atoms with Gasteiger partial charge in [-0.25, -0.2) is 4.98 Å². The molecule has 1 saturated heterocycles. The maximum absolute atomic E-state index is 11.9. The quantitative estimate of drug-likeness (QED) is 0.822. The molecule has 2 heterocycles. The van der Waals surface area contributed by atoms with Crippen molar-refractivity contribution in [2.24, 2.45) is 0 Å². The van der Waals surface area contributed by atoms with Gasteiger partial charge >= 0.3 is 0 Å². The van der Waals surface area contributed by atoms with E-state index in [9.17, 15) is 4.79 Å². The van der Waals surface area contributed by atoms with E-state index in [1.807, 2.05) is 18.2 Å². The first kappa shape index (κ1) is 18.9. The van der Waals surface area contributed by atoms with Crippen LogP contribution in [0.3, 0.4) is 0 Å². The largest absolute Gasteiger partial charge is 0.375 e. The Morgan fingerprint density at radius 2 is 2.21 bits per heavy atom. The number of nitrogens with one attached hydrogen (secondary N) is 2. The number of carbonyl (C=O) groups excluding carboxylic acids is 1. The number of carbonyl (C=O) groups is 1. The minimum atomic E-state index is -0.00621. The van der Waals surface area contributed by atoms with Gasteiger partial charge in [0.2, 0.25) is 5.91 Å². The highest BCUT2D eigenvalue weighted by molar-refractivity contribution is 7.09. The zero-order valence-corrected chi connectivity index (χ0v) is 15.0. The Labute approximate surface area is 152 Å². The fourth-order valence-electron chi connectivity index (χ4n) is 2.51. The highest BCUT2D eigenvalue weighted by Gasteiger charge is 2.17. The molecule has 2 aromatic rings. The zero-order valence-electron chi connectivity index (χ0n) is 13.4. The van der Waals surface area contributed by atoms with Gasteiger partial charge in [-0.2, -0.15) is 0 Å². The van der Waals surface area contributed by atoms with Crippen LogP contribution in [0.1, 0.15) is 11.4 Å². The fraction of sp³-hybridized carbons (Fsp3) is 0.412. The summed E-state index contributed by atoms with van der Waals surface area (Å²) in [5, 5.41) is 9.28. The van der Waals surface area contributed by atoms with Crippen molar-refractivity contribution in [3.05, 3.63) is 40.7 Å². The lowest BCUT2D eigenvalue weighted by Gasteiger charge is -2.22. The van der Waals surface area contributed by atoms with E-state index >= 15 is 0 Å². The van der Waals surface area contributed by atoms with Crippen LogP contribution in [0, 0.1) is 0 Å². The van der Waals surface area contributed by atoms with Crippen LogP contribution in [0.5, 0.6) is 0 Å². The summed E-state index contributed by atoms with van der Waals surface area (Å²) in [5.41, 5.74) is 2.12. The Bertz CT molecular complexity index is 630. The SMILES string of the molecule is Cl.O=C(CC1CNCCO1)NCCc1nc(-c2ccccc2)cs1. The Hall–Kier alpha value is -1.47. The number of amides is 1. The van der Waals surface area contributed by atoms with Crippen LogP contribution >= 0.6 is 23.7 Å². The number of nitrogens with zero attached hydrogens (tertiary/aromatic N) is 1. The molecule has 1 aliphatic heterocycles. The predicted molar refractivity (Wildman–Crippen MR) is 98.7 cm³/mol. The van der Waals surface area contributed by atoms with Crippen LogP contribution in [0.15, 0.2) is 35.7 Å². The van der Waals surface area contributed by atoms with Gasteiger partial charge in [0.15, 0.2) is 0 Å². The summed E-state index contributed by atoms with van der Waals surface area (Å²) in [6.07, 6.45) is 1.17. The standard InChI is InChI=1S/C17H21N3O2S.ClH/c21-16(10-14-11-18-8-9-22-14)19-7-6-17-20-15(12-23-17)13-4-2-1-3-5-13;/h1-5,12,14,18H,6-11H2,(H,19,21);1H. The van der Waals surface area contributed by atoms with E-state index in [0.29, 0.717) is 19.6 Å². The van der Waals surface area contributed by atoms with E-state index in [1.54, 1.807) is 11.3 Å². The van der Waals surface area contributed by atoms with Crippen LogP contribution in [0.4, 0.5) is 0 Å². The third-order valence-electron chi connectivity index (χ3n) is 3.70. The topological polar surface area (TPSA) is 63.2 Å². The maximum Gasteiger partial charge on any atom is 0.222 e. The molecule has 1 amide bonds. The first-order valence-corrected chi connectivity index (χ1v) is 8.78. The number of hydrogen-bond donors (Lipinski definition) is 2. The van der Waals surface area contributed by atoms with Gasteiger partial charge in [-0.3, -0.25) is 4.79 Å². The number of benzene rings is 1. The molecule has 0 bridgehead atoms. The predicted octanol–water partition coefficient (Wildman–Crippen LogP) is 2.27. The van der Waals surface area contributed by atoms with Gasteiger partial charge < -0.3 is 15.4 Å². The van der Waals surface area contributed by atoms with E-state index < -0.39 is 0 Å². The van der Waals surface area contributed by atoms with Crippen molar-refractivity contribution in [2.75, 3.05) is 26.2 Å². The molecular formula is C17H22ClN3O2S. The Morgan fingerprint density at radius 1 is 1.38 bits per heavy atom.